The second kappa shape index (κ2) is 7.13. The quantitative estimate of drug-likeness (QED) is 0.725. The lowest BCUT2D eigenvalue weighted by Gasteiger charge is -2.04. The van der Waals surface area contributed by atoms with E-state index in [-0.39, 0.29) is 18.1 Å². The number of halogens is 1. The smallest absolute Gasteiger partial charge is 0.269 e. The van der Waals surface area contributed by atoms with Crippen LogP contribution in [0.25, 0.3) is 10.6 Å². The van der Waals surface area contributed by atoms with Crippen LogP contribution >= 0.6 is 11.3 Å². The fraction of sp³-hybridized carbons (Fsp3) is 0.0588. The van der Waals surface area contributed by atoms with Gasteiger partial charge in [-0.25, -0.2) is 14.9 Å². The zero-order valence-corrected chi connectivity index (χ0v) is 12.8. The van der Waals surface area contributed by atoms with E-state index >= 15 is 0 Å². The molecule has 4 nitrogen and oxygen atoms in total. The predicted molar refractivity (Wildman–Crippen MR) is 86.2 cm³/mol. The number of hydroxylamine groups is 1. The number of aromatic nitrogens is 1. The van der Waals surface area contributed by atoms with Gasteiger partial charge in [0.1, 0.15) is 16.5 Å². The molecule has 1 aromatic heterocycles. The fourth-order valence-electron chi connectivity index (χ4n) is 1.91. The van der Waals surface area contributed by atoms with Gasteiger partial charge in [-0.3, -0.25) is 9.63 Å². The number of carbonyl (C=O) groups excluding carboxylic acids is 1. The molecule has 0 radical (unpaired) electrons. The van der Waals surface area contributed by atoms with Crippen molar-refractivity contribution in [2.24, 2.45) is 0 Å². The molecule has 0 fully saturated rings. The van der Waals surface area contributed by atoms with Crippen LogP contribution in [0.4, 0.5) is 4.39 Å². The van der Waals surface area contributed by atoms with Crippen molar-refractivity contribution < 1.29 is 14.0 Å². The number of benzene rings is 2. The number of rotatable bonds is 5. The van der Waals surface area contributed by atoms with E-state index in [1.165, 1.54) is 23.5 Å². The van der Waals surface area contributed by atoms with Crippen LogP contribution in [0.3, 0.4) is 0 Å². The lowest BCUT2D eigenvalue weighted by atomic mass is 10.2. The third-order valence-electron chi connectivity index (χ3n) is 3.07. The summed E-state index contributed by atoms with van der Waals surface area (Å²) in [5, 5.41) is 2.29. The number of hydrogen-bond donors (Lipinski definition) is 1. The Hall–Kier alpha value is -2.57. The first-order chi connectivity index (χ1) is 11.2. The van der Waals surface area contributed by atoms with Crippen molar-refractivity contribution in [1.29, 1.82) is 0 Å². The van der Waals surface area contributed by atoms with E-state index in [2.05, 4.69) is 10.5 Å². The third-order valence-corrected chi connectivity index (χ3v) is 3.97. The maximum Gasteiger partial charge on any atom is 0.294 e. The van der Waals surface area contributed by atoms with Gasteiger partial charge < -0.3 is 0 Å². The molecule has 0 aliphatic rings. The number of thiazole rings is 1. The summed E-state index contributed by atoms with van der Waals surface area (Å²) in [6.07, 6.45) is 0. The predicted octanol–water partition coefficient (Wildman–Crippen LogP) is 3.81. The summed E-state index contributed by atoms with van der Waals surface area (Å²) in [5.74, 6) is -0.719. The fourth-order valence-corrected chi connectivity index (χ4v) is 2.72. The Kier molecular flexibility index (Phi) is 4.75. The van der Waals surface area contributed by atoms with Gasteiger partial charge in [0, 0.05) is 10.9 Å². The summed E-state index contributed by atoms with van der Waals surface area (Å²) in [6, 6.07) is 15.5. The average Bonchev–Trinajstić information content (AvgIpc) is 3.06. The molecule has 0 saturated heterocycles. The van der Waals surface area contributed by atoms with Crippen molar-refractivity contribution in [3.63, 3.8) is 0 Å². The van der Waals surface area contributed by atoms with Crippen molar-refractivity contribution in [3.05, 3.63) is 77.1 Å². The molecule has 0 atom stereocenters. The highest BCUT2D eigenvalue weighted by Gasteiger charge is 2.12. The molecule has 116 valence electrons. The maximum absolute atomic E-state index is 12.9. The molecule has 1 N–H and O–H groups in total. The summed E-state index contributed by atoms with van der Waals surface area (Å²) in [6.45, 7) is 0.279. The van der Waals surface area contributed by atoms with Gasteiger partial charge in [-0.2, -0.15) is 0 Å². The first kappa shape index (κ1) is 15.3. The van der Waals surface area contributed by atoms with E-state index in [9.17, 15) is 9.18 Å². The van der Waals surface area contributed by atoms with Crippen LogP contribution in [-0.2, 0) is 11.4 Å². The zero-order valence-electron chi connectivity index (χ0n) is 12.0. The van der Waals surface area contributed by atoms with E-state index in [0.717, 1.165) is 11.1 Å². The number of hydrogen-bond acceptors (Lipinski definition) is 4. The van der Waals surface area contributed by atoms with Crippen molar-refractivity contribution in [3.8, 4) is 10.6 Å². The monoisotopic (exact) mass is 328 g/mol. The van der Waals surface area contributed by atoms with E-state index in [0.29, 0.717) is 5.01 Å². The maximum atomic E-state index is 12.9. The Morgan fingerprint density at radius 1 is 1.13 bits per heavy atom. The normalized spacial score (nSPS) is 10.5. The molecule has 0 spiro atoms. The summed E-state index contributed by atoms with van der Waals surface area (Å²) in [7, 11) is 0. The Morgan fingerprint density at radius 3 is 2.61 bits per heavy atom. The molecule has 3 aromatic rings. The van der Waals surface area contributed by atoms with Crippen LogP contribution in [0.15, 0.2) is 60.0 Å². The largest absolute Gasteiger partial charge is 0.294 e. The number of amides is 1. The zero-order chi connectivity index (χ0) is 16.1. The third kappa shape index (κ3) is 4.00. The van der Waals surface area contributed by atoms with E-state index in [4.69, 9.17) is 4.84 Å². The molecule has 6 heteroatoms. The minimum atomic E-state index is -0.412. The molecule has 0 saturated carbocycles. The molecular formula is C17H13FN2O2S. The first-order valence-corrected chi connectivity index (χ1v) is 7.78. The molecule has 1 heterocycles. The molecule has 23 heavy (non-hydrogen) atoms. The number of nitrogens with zero attached hydrogens (tertiary/aromatic N) is 1. The summed E-state index contributed by atoms with van der Waals surface area (Å²) in [5.41, 5.74) is 4.35. The summed E-state index contributed by atoms with van der Waals surface area (Å²) < 4.78 is 12.9. The van der Waals surface area contributed by atoms with Crippen LogP contribution < -0.4 is 5.48 Å². The van der Waals surface area contributed by atoms with Gasteiger partial charge in [0.05, 0.1) is 6.61 Å². The van der Waals surface area contributed by atoms with Crippen molar-refractivity contribution in [2.45, 2.75) is 6.61 Å². The van der Waals surface area contributed by atoms with Crippen molar-refractivity contribution in [1.82, 2.24) is 10.5 Å². The van der Waals surface area contributed by atoms with Crippen LogP contribution in [0.1, 0.15) is 16.1 Å². The summed E-state index contributed by atoms with van der Waals surface area (Å²) >= 11 is 1.32. The van der Waals surface area contributed by atoms with Gasteiger partial charge in [-0.1, -0.05) is 30.3 Å². The lowest BCUT2D eigenvalue weighted by Crippen LogP contribution is -2.23. The van der Waals surface area contributed by atoms with Gasteiger partial charge in [0.25, 0.3) is 5.91 Å². The average molecular weight is 328 g/mol. The standard InChI is InChI=1S/C17H13FN2O2S/c18-14-8-6-13(7-9-14)17-19-15(11-23-17)16(21)20-22-10-12-4-2-1-3-5-12/h1-9,11H,10H2,(H,20,21). The molecule has 3 rings (SSSR count). The summed E-state index contributed by atoms with van der Waals surface area (Å²) in [4.78, 5) is 21.4. The molecule has 0 aliphatic heterocycles. The van der Waals surface area contributed by atoms with Crippen LogP contribution in [-0.4, -0.2) is 10.9 Å². The highest BCUT2D eigenvalue weighted by Crippen LogP contribution is 2.23. The van der Waals surface area contributed by atoms with Gasteiger partial charge >= 0.3 is 0 Å². The molecule has 0 unspecified atom stereocenters. The van der Waals surface area contributed by atoms with E-state index in [1.54, 1.807) is 17.5 Å². The van der Waals surface area contributed by atoms with Crippen LogP contribution in [0.5, 0.6) is 0 Å². The minimum Gasteiger partial charge on any atom is -0.269 e. The highest BCUT2D eigenvalue weighted by atomic mass is 32.1. The Morgan fingerprint density at radius 2 is 1.87 bits per heavy atom. The number of nitrogens with one attached hydrogen (secondary N) is 1. The van der Waals surface area contributed by atoms with Gasteiger partial charge in [-0.15, -0.1) is 11.3 Å². The minimum absolute atomic E-state index is 0.266. The van der Waals surface area contributed by atoms with Gasteiger partial charge in [0.2, 0.25) is 0 Å². The molecule has 2 aromatic carbocycles. The molecule has 1 amide bonds. The molecule has 0 aliphatic carbocycles. The first-order valence-electron chi connectivity index (χ1n) is 6.90. The van der Waals surface area contributed by atoms with E-state index in [1.807, 2.05) is 30.3 Å². The SMILES string of the molecule is O=C(NOCc1ccccc1)c1csc(-c2ccc(F)cc2)n1. The number of carbonyl (C=O) groups is 1. The Balaban J connectivity index is 1.59. The Bertz CT molecular complexity index is 788. The van der Waals surface area contributed by atoms with Crippen molar-refractivity contribution >= 4 is 17.2 Å². The Labute approximate surface area is 136 Å². The molecular weight excluding hydrogens is 315 g/mol. The van der Waals surface area contributed by atoms with Crippen LogP contribution in [0, 0.1) is 5.82 Å². The lowest BCUT2D eigenvalue weighted by molar-refractivity contribution is 0.0230. The highest BCUT2D eigenvalue weighted by molar-refractivity contribution is 7.13. The van der Waals surface area contributed by atoms with Gasteiger partial charge in [0.15, 0.2) is 0 Å². The topological polar surface area (TPSA) is 51.2 Å². The van der Waals surface area contributed by atoms with Crippen LogP contribution in [0.2, 0.25) is 0 Å². The molecule has 0 bridgehead atoms. The van der Waals surface area contributed by atoms with Crippen molar-refractivity contribution in [2.75, 3.05) is 0 Å². The van der Waals surface area contributed by atoms with Gasteiger partial charge in [-0.05, 0) is 29.8 Å². The van der Waals surface area contributed by atoms with E-state index < -0.39 is 5.91 Å². The second-order valence-corrected chi connectivity index (χ2v) is 5.61. The second-order valence-electron chi connectivity index (χ2n) is 4.75.